The maximum Gasteiger partial charge on any atom is 0.237 e. The van der Waals surface area contributed by atoms with E-state index in [9.17, 15) is 4.79 Å². The molecule has 1 unspecified atom stereocenters. The number of rotatable bonds is 7. The molecule has 1 aromatic rings. The van der Waals surface area contributed by atoms with Crippen molar-refractivity contribution in [2.75, 3.05) is 13.7 Å². The Bertz CT molecular complexity index is 415. The van der Waals surface area contributed by atoms with Gasteiger partial charge in [-0.3, -0.25) is 10.1 Å². The SMILES string of the molecule is C=CCNC(=O)C(C)N[C@H](C)c1ccc(OC)cc1. The molecule has 4 heteroatoms. The number of nitrogens with one attached hydrogen (secondary N) is 2. The molecule has 0 saturated heterocycles. The van der Waals surface area contributed by atoms with Crippen LogP contribution in [-0.4, -0.2) is 25.6 Å². The van der Waals surface area contributed by atoms with Crippen molar-refractivity contribution in [3.63, 3.8) is 0 Å². The molecule has 19 heavy (non-hydrogen) atoms. The zero-order valence-electron chi connectivity index (χ0n) is 11.8. The van der Waals surface area contributed by atoms with Crippen molar-refractivity contribution in [2.45, 2.75) is 25.9 Å². The number of amides is 1. The van der Waals surface area contributed by atoms with Crippen molar-refractivity contribution in [2.24, 2.45) is 0 Å². The Hall–Kier alpha value is -1.81. The molecule has 2 N–H and O–H groups in total. The molecule has 104 valence electrons. The van der Waals surface area contributed by atoms with Gasteiger partial charge in [0.15, 0.2) is 0 Å². The molecular formula is C15H22N2O2. The molecule has 1 amide bonds. The van der Waals surface area contributed by atoms with Gasteiger partial charge in [0.25, 0.3) is 0 Å². The van der Waals surface area contributed by atoms with Crippen LogP contribution in [-0.2, 0) is 4.79 Å². The number of carbonyl (C=O) groups is 1. The summed E-state index contributed by atoms with van der Waals surface area (Å²) in [5, 5.41) is 6.02. The first-order valence-electron chi connectivity index (χ1n) is 6.37. The van der Waals surface area contributed by atoms with Crippen LogP contribution in [0.15, 0.2) is 36.9 Å². The van der Waals surface area contributed by atoms with Crippen LogP contribution in [0, 0.1) is 0 Å². The van der Waals surface area contributed by atoms with Crippen molar-refractivity contribution in [3.8, 4) is 5.75 Å². The third kappa shape index (κ3) is 4.75. The molecule has 0 bridgehead atoms. The Labute approximate surface area is 114 Å². The fourth-order valence-electron chi connectivity index (χ4n) is 1.77. The first-order chi connectivity index (χ1) is 9.08. The Kier molecular flexibility index (Phi) is 6.09. The standard InChI is InChI=1S/C15H22N2O2/c1-5-10-16-15(18)12(3)17-11(2)13-6-8-14(19-4)9-7-13/h5-9,11-12,17H,1,10H2,2-4H3,(H,16,18)/t11-,12?/m1/s1. The lowest BCUT2D eigenvalue weighted by molar-refractivity contribution is -0.122. The van der Waals surface area contributed by atoms with Crippen LogP contribution in [0.4, 0.5) is 0 Å². The molecular weight excluding hydrogens is 240 g/mol. The summed E-state index contributed by atoms with van der Waals surface area (Å²) in [6, 6.07) is 7.65. The van der Waals surface area contributed by atoms with Crippen molar-refractivity contribution >= 4 is 5.91 Å². The molecule has 1 aromatic carbocycles. The smallest absolute Gasteiger partial charge is 0.237 e. The van der Waals surface area contributed by atoms with E-state index in [-0.39, 0.29) is 18.0 Å². The second-order valence-corrected chi connectivity index (χ2v) is 4.42. The number of benzene rings is 1. The molecule has 0 fully saturated rings. The quantitative estimate of drug-likeness (QED) is 0.739. The van der Waals surface area contributed by atoms with Crippen LogP contribution in [0.3, 0.4) is 0 Å². The second kappa shape index (κ2) is 7.59. The van der Waals surface area contributed by atoms with E-state index < -0.39 is 0 Å². The van der Waals surface area contributed by atoms with E-state index in [1.54, 1.807) is 13.2 Å². The van der Waals surface area contributed by atoms with Gasteiger partial charge in [-0.25, -0.2) is 0 Å². The van der Waals surface area contributed by atoms with Crippen molar-refractivity contribution in [1.82, 2.24) is 10.6 Å². The minimum Gasteiger partial charge on any atom is -0.497 e. The van der Waals surface area contributed by atoms with Gasteiger partial charge in [0.1, 0.15) is 5.75 Å². The summed E-state index contributed by atoms with van der Waals surface area (Å²) >= 11 is 0. The zero-order valence-corrected chi connectivity index (χ0v) is 11.8. The summed E-state index contributed by atoms with van der Waals surface area (Å²) in [7, 11) is 1.64. The molecule has 4 nitrogen and oxygen atoms in total. The molecule has 2 atom stereocenters. The van der Waals surface area contributed by atoms with Gasteiger partial charge >= 0.3 is 0 Å². The average molecular weight is 262 g/mol. The number of ether oxygens (including phenoxy) is 1. The summed E-state index contributed by atoms with van der Waals surface area (Å²) in [6.45, 7) is 7.93. The highest BCUT2D eigenvalue weighted by atomic mass is 16.5. The van der Waals surface area contributed by atoms with E-state index in [0.717, 1.165) is 11.3 Å². The van der Waals surface area contributed by atoms with Crippen LogP contribution in [0.1, 0.15) is 25.5 Å². The lowest BCUT2D eigenvalue weighted by Gasteiger charge is -2.20. The Morgan fingerprint density at radius 3 is 2.53 bits per heavy atom. The minimum atomic E-state index is -0.253. The lowest BCUT2D eigenvalue weighted by atomic mass is 10.1. The summed E-state index contributed by atoms with van der Waals surface area (Å²) in [4.78, 5) is 11.7. The Balaban J connectivity index is 2.55. The highest BCUT2D eigenvalue weighted by molar-refractivity contribution is 5.81. The van der Waals surface area contributed by atoms with Crippen molar-refractivity contribution in [1.29, 1.82) is 0 Å². The predicted octanol–water partition coefficient (Wildman–Crippen LogP) is 2.04. The average Bonchev–Trinajstić information content (AvgIpc) is 2.44. The van der Waals surface area contributed by atoms with Gasteiger partial charge in [0.05, 0.1) is 13.2 Å². The van der Waals surface area contributed by atoms with Gasteiger partial charge in [0, 0.05) is 12.6 Å². The lowest BCUT2D eigenvalue weighted by Crippen LogP contribution is -2.43. The van der Waals surface area contributed by atoms with E-state index >= 15 is 0 Å². The Morgan fingerprint density at radius 1 is 1.37 bits per heavy atom. The Morgan fingerprint density at radius 2 is 2.00 bits per heavy atom. The van der Waals surface area contributed by atoms with Gasteiger partial charge in [-0.15, -0.1) is 6.58 Å². The molecule has 0 aliphatic rings. The summed E-state index contributed by atoms with van der Waals surface area (Å²) in [6.07, 6.45) is 1.66. The molecule has 0 aliphatic heterocycles. The monoisotopic (exact) mass is 262 g/mol. The van der Waals surface area contributed by atoms with E-state index in [2.05, 4.69) is 17.2 Å². The molecule has 1 rings (SSSR count). The van der Waals surface area contributed by atoms with Gasteiger partial charge in [-0.1, -0.05) is 18.2 Å². The normalized spacial score (nSPS) is 13.4. The fraction of sp³-hybridized carbons (Fsp3) is 0.400. The van der Waals surface area contributed by atoms with E-state index in [0.29, 0.717) is 6.54 Å². The third-order valence-corrected chi connectivity index (χ3v) is 2.93. The number of hydrogen-bond acceptors (Lipinski definition) is 3. The molecule has 0 aliphatic carbocycles. The van der Waals surface area contributed by atoms with Crippen molar-refractivity contribution < 1.29 is 9.53 Å². The van der Waals surface area contributed by atoms with Gasteiger partial charge in [0.2, 0.25) is 5.91 Å². The number of methoxy groups -OCH3 is 1. The van der Waals surface area contributed by atoms with Crippen LogP contribution < -0.4 is 15.4 Å². The van der Waals surface area contributed by atoms with Gasteiger partial charge in [-0.2, -0.15) is 0 Å². The maximum atomic E-state index is 11.7. The van der Waals surface area contributed by atoms with Gasteiger partial charge < -0.3 is 10.1 Å². The predicted molar refractivity (Wildman–Crippen MR) is 77.2 cm³/mol. The van der Waals surface area contributed by atoms with Crippen LogP contribution in [0.5, 0.6) is 5.75 Å². The highest BCUT2D eigenvalue weighted by Crippen LogP contribution is 2.17. The maximum absolute atomic E-state index is 11.7. The van der Waals surface area contributed by atoms with E-state index in [4.69, 9.17) is 4.74 Å². The number of hydrogen-bond donors (Lipinski definition) is 2. The largest absolute Gasteiger partial charge is 0.497 e. The van der Waals surface area contributed by atoms with E-state index in [1.807, 2.05) is 38.1 Å². The zero-order chi connectivity index (χ0) is 14.3. The van der Waals surface area contributed by atoms with Crippen LogP contribution >= 0.6 is 0 Å². The van der Waals surface area contributed by atoms with Crippen LogP contribution in [0.2, 0.25) is 0 Å². The highest BCUT2D eigenvalue weighted by Gasteiger charge is 2.15. The van der Waals surface area contributed by atoms with Crippen LogP contribution in [0.25, 0.3) is 0 Å². The second-order valence-electron chi connectivity index (χ2n) is 4.42. The molecule has 0 heterocycles. The molecule has 0 radical (unpaired) electrons. The van der Waals surface area contributed by atoms with E-state index in [1.165, 1.54) is 0 Å². The van der Waals surface area contributed by atoms with Gasteiger partial charge in [-0.05, 0) is 31.5 Å². The molecule has 0 saturated carbocycles. The summed E-state index contributed by atoms with van der Waals surface area (Å²) < 4.78 is 5.12. The summed E-state index contributed by atoms with van der Waals surface area (Å²) in [5.74, 6) is 0.799. The summed E-state index contributed by atoms with van der Waals surface area (Å²) in [5.41, 5.74) is 1.11. The fourth-order valence-corrected chi connectivity index (χ4v) is 1.77. The molecule has 0 aromatic heterocycles. The minimum absolute atomic E-state index is 0.0275. The molecule has 0 spiro atoms. The first-order valence-corrected chi connectivity index (χ1v) is 6.37. The van der Waals surface area contributed by atoms with Crippen molar-refractivity contribution in [3.05, 3.63) is 42.5 Å². The third-order valence-electron chi connectivity index (χ3n) is 2.93. The first kappa shape index (κ1) is 15.2. The number of carbonyl (C=O) groups excluding carboxylic acids is 1. The topological polar surface area (TPSA) is 50.4 Å².